The predicted molar refractivity (Wildman–Crippen MR) is 66.1 cm³/mol. The average molecular weight is 248 g/mol. The van der Waals surface area contributed by atoms with Crippen molar-refractivity contribution < 1.29 is 14.4 Å². The number of benzene rings is 1. The van der Waals surface area contributed by atoms with Crippen LogP contribution >= 0.6 is 0 Å². The molecule has 18 heavy (non-hydrogen) atoms. The van der Waals surface area contributed by atoms with Gasteiger partial charge in [0.15, 0.2) is 0 Å². The van der Waals surface area contributed by atoms with Gasteiger partial charge in [-0.25, -0.2) is 0 Å². The van der Waals surface area contributed by atoms with Crippen LogP contribution in [0.2, 0.25) is 0 Å². The minimum absolute atomic E-state index is 0.164. The van der Waals surface area contributed by atoms with Crippen molar-refractivity contribution in [3.63, 3.8) is 0 Å². The minimum Gasteiger partial charge on any atom is -0.508 e. The fourth-order valence-corrected chi connectivity index (χ4v) is 1.59. The monoisotopic (exact) mass is 248 g/mol. The van der Waals surface area contributed by atoms with Crippen molar-refractivity contribution in [3.05, 3.63) is 30.1 Å². The van der Waals surface area contributed by atoms with E-state index >= 15 is 0 Å². The molecule has 5 nitrogen and oxygen atoms in total. The second-order valence-corrected chi connectivity index (χ2v) is 4.26. The van der Waals surface area contributed by atoms with Gasteiger partial charge in [0.05, 0.1) is 0 Å². The van der Waals surface area contributed by atoms with Crippen LogP contribution in [0.3, 0.4) is 0 Å². The highest BCUT2D eigenvalue weighted by Gasteiger charge is 2.30. The first kappa shape index (κ1) is 12.6. The first-order valence-corrected chi connectivity index (χ1v) is 5.78. The highest BCUT2D eigenvalue weighted by atomic mass is 16.5. The van der Waals surface area contributed by atoms with Crippen molar-refractivity contribution in [2.75, 3.05) is 7.11 Å². The van der Waals surface area contributed by atoms with Gasteiger partial charge >= 0.3 is 0 Å². The number of phenols is 1. The molecule has 1 unspecified atom stereocenters. The zero-order chi connectivity index (χ0) is 13.2. The topological polar surface area (TPSA) is 68.4 Å². The van der Waals surface area contributed by atoms with Gasteiger partial charge in [0.2, 0.25) is 5.82 Å². The fraction of sp³-hybridized carbons (Fsp3) is 0.385. The van der Waals surface area contributed by atoms with Gasteiger partial charge in [-0.2, -0.15) is 4.98 Å². The zero-order valence-electron chi connectivity index (χ0n) is 10.7. The lowest BCUT2D eigenvalue weighted by molar-refractivity contribution is -0.0106. The van der Waals surface area contributed by atoms with Crippen molar-refractivity contribution in [1.82, 2.24) is 10.1 Å². The van der Waals surface area contributed by atoms with Crippen LogP contribution in [-0.4, -0.2) is 22.4 Å². The smallest absolute Gasteiger partial charge is 0.258 e. The minimum atomic E-state index is -0.557. The molecule has 1 aromatic heterocycles. The molecule has 0 bridgehead atoms. The summed E-state index contributed by atoms with van der Waals surface area (Å²) in [5.74, 6) is 1.04. The number of hydrogen-bond acceptors (Lipinski definition) is 5. The molecular formula is C13H16N2O3. The third-order valence-electron chi connectivity index (χ3n) is 3.12. The quantitative estimate of drug-likeness (QED) is 0.900. The Morgan fingerprint density at radius 3 is 2.83 bits per heavy atom. The first-order chi connectivity index (χ1) is 8.59. The molecule has 1 N–H and O–H groups in total. The summed E-state index contributed by atoms with van der Waals surface area (Å²) >= 11 is 0. The molecule has 0 spiro atoms. The number of hydrogen-bond donors (Lipinski definition) is 1. The van der Waals surface area contributed by atoms with Crippen molar-refractivity contribution in [2.24, 2.45) is 0 Å². The number of phenolic OH excluding ortho intramolecular Hbond substituents is 1. The summed E-state index contributed by atoms with van der Waals surface area (Å²) in [4.78, 5) is 4.32. The molecule has 2 rings (SSSR count). The summed E-state index contributed by atoms with van der Waals surface area (Å²) < 4.78 is 10.6. The lowest BCUT2D eigenvalue weighted by Crippen LogP contribution is -2.24. The molecule has 0 saturated heterocycles. The standard InChI is InChI=1S/C13H16N2O3/c1-4-13(2,17-3)12-14-11(18-15-12)9-6-5-7-10(16)8-9/h5-8,16H,4H2,1-3H3. The molecular weight excluding hydrogens is 232 g/mol. The number of methoxy groups -OCH3 is 1. The Hall–Kier alpha value is -1.88. The van der Waals surface area contributed by atoms with Crippen molar-refractivity contribution >= 4 is 0 Å². The Morgan fingerprint density at radius 2 is 2.22 bits per heavy atom. The fourth-order valence-electron chi connectivity index (χ4n) is 1.59. The zero-order valence-corrected chi connectivity index (χ0v) is 10.7. The van der Waals surface area contributed by atoms with E-state index in [2.05, 4.69) is 10.1 Å². The van der Waals surface area contributed by atoms with Gasteiger partial charge in [-0.3, -0.25) is 0 Å². The van der Waals surface area contributed by atoms with Crippen molar-refractivity contribution in [2.45, 2.75) is 25.9 Å². The highest BCUT2D eigenvalue weighted by Crippen LogP contribution is 2.28. The molecule has 96 valence electrons. The van der Waals surface area contributed by atoms with Gasteiger partial charge in [-0.15, -0.1) is 0 Å². The Labute approximate surface area is 105 Å². The highest BCUT2D eigenvalue weighted by molar-refractivity contribution is 5.55. The summed E-state index contributed by atoms with van der Waals surface area (Å²) in [6.07, 6.45) is 0.739. The van der Waals surface area contributed by atoms with Crippen LogP contribution in [0.1, 0.15) is 26.1 Å². The van der Waals surface area contributed by atoms with Crippen LogP contribution in [0.5, 0.6) is 5.75 Å². The maximum absolute atomic E-state index is 9.42. The Morgan fingerprint density at radius 1 is 1.44 bits per heavy atom. The van der Waals surface area contributed by atoms with E-state index in [1.54, 1.807) is 31.4 Å². The summed E-state index contributed by atoms with van der Waals surface area (Å²) in [5, 5.41) is 13.4. The van der Waals surface area contributed by atoms with Gasteiger partial charge in [0.25, 0.3) is 5.89 Å². The van der Waals surface area contributed by atoms with Gasteiger partial charge in [-0.1, -0.05) is 18.1 Å². The summed E-state index contributed by atoms with van der Waals surface area (Å²) in [6.45, 7) is 3.90. The molecule has 0 aliphatic rings. The van der Waals surface area contributed by atoms with E-state index in [9.17, 15) is 5.11 Å². The maximum atomic E-state index is 9.42. The first-order valence-electron chi connectivity index (χ1n) is 5.78. The average Bonchev–Trinajstić information content (AvgIpc) is 2.88. The van der Waals surface area contributed by atoms with Gasteiger partial charge in [-0.05, 0) is 31.5 Å². The largest absolute Gasteiger partial charge is 0.508 e. The van der Waals surface area contributed by atoms with E-state index < -0.39 is 5.60 Å². The summed E-state index contributed by atoms with van der Waals surface area (Å²) in [6, 6.07) is 6.69. The molecule has 2 aromatic rings. The second-order valence-electron chi connectivity index (χ2n) is 4.26. The Kier molecular flexibility index (Phi) is 3.34. The van der Waals surface area contributed by atoms with E-state index in [0.717, 1.165) is 6.42 Å². The van der Waals surface area contributed by atoms with Crippen LogP contribution in [0, 0.1) is 0 Å². The second kappa shape index (κ2) is 4.78. The molecule has 1 heterocycles. The number of aromatic nitrogens is 2. The van der Waals surface area contributed by atoms with E-state index in [4.69, 9.17) is 9.26 Å². The van der Waals surface area contributed by atoms with Crippen LogP contribution in [0.25, 0.3) is 11.5 Å². The van der Waals surface area contributed by atoms with Crippen LogP contribution in [0.15, 0.2) is 28.8 Å². The normalized spacial score (nSPS) is 14.4. The molecule has 0 aliphatic heterocycles. The van der Waals surface area contributed by atoms with E-state index in [1.807, 2.05) is 13.8 Å². The molecule has 1 aromatic carbocycles. The van der Waals surface area contributed by atoms with Crippen LogP contribution < -0.4 is 0 Å². The lowest BCUT2D eigenvalue weighted by Gasteiger charge is -2.21. The molecule has 5 heteroatoms. The maximum Gasteiger partial charge on any atom is 0.258 e. The van der Waals surface area contributed by atoms with Gasteiger partial charge in [0.1, 0.15) is 11.4 Å². The van der Waals surface area contributed by atoms with Crippen molar-refractivity contribution in [3.8, 4) is 17.2 Å². The number of aromatic hydroxyl groups is 1. The number of rotatable bonds is 4. The predicted octanol–water partition coefficient (Wildman–Crippen LogP) is 2.71. The van der Waals surface area contributed by atoms with E-state index in [-0.39, 0.29) is 5.75 Å². The third kappa shape index (κ3) is 2.22. The number of ether oxygens (including phenoxy) is 1. The SMILES string of the molecule is CCC(C)(OC)c1noc(-c2cccc(O)c2)n1. The molecule has 1 atom stereocenters. The molecule has 0 fully saturated rings. The lowest BCUT2D eigenvalue weighted by atomic mass is 10.0. The van der Waals surface area contributed by atoms with Gasteiger partial charge < -0.3 is 14.4 Å². The van der Waals surface area contributed by atoms with Crippen molar-refractivity contribution in [1.29, 1.82) is 0 Å². The van der Waals surface area contributed by atoms with Gasteiger partial charge in [0, 0.05) is 12.7 Å². The van der Waals surface area contributed by atoms with Crippen LogP contribution in [-0.2, 0) is 10.3 Å². The number of nitrogens with zero attached hydrogens (tertiary/aromatic N) is 2. The Balaban J connectivity index is 2.36. The summed E-state index contributed by atoms with van der Waals surface area (Å²) in [5.41, 5.74) is 0.127. The third-order valence-corrected chi connectivity index (χ3v) is 3.12. The van der Waals surface area contributed by atoms with E-state index in [1.165, 1.54) is 0 Å². The molecule has 0 radical (unpaired) electrons. The van der Waals surface area contributed by atoms with E-state index in [0.29, 0.717) is 17.3 Å². The Bertz CT molecular complexity index is 533. The summed E-state index contributed by atoms with van der Waals surface area (Å²) in [7, 11) is 1.62. The molecule has 0 aliphatic carbocycles. The molecule has 0 amide bonds. The molecule has 0 saturated carbocycles. The van der Waals surface area contributed by atoms with Crippen LogP contribution in [0.4, 0.5) is 0 Å².